The largest absolute Gasteiger partial charge is 0.383 e. The van der Waals surface area contributed by atoms with Crippen molar-refractivity contribution in [2.75, 3.05) is 26.0 Å². The zero-order valence-electron chi connectivity index (χ0n) is 17.6. The van der Waals surface area contributed by atoms with Crippen molar-refractivity contribution in [1.29, 1.82) is 0 Å². The van der Waals surface area contributed by atoms with E-state index >= 15 is 0 Å². The highest BCUT2D eigenvalue weighted by atomic mass is 32.2. The van der Waals surface area contributed by atoms with Crippen molar-refractivity contribution < 1.29 is 13.2 Å². The number of nitrogens with zero attached hydrogens (tertiary/aromatic N) is 3. The molecule has 0 aliphatic carbocycles. The van der Waals surface area contributed by atoms with Crippen LogP contribution >= 0.6 is 0 Å². The lowest BCUT2D eigenvalue weighted by Gasteiger charge is -2.35. The first-order chi connectivity index (χ1) is 14.0. The van der Waals surface area contributed by atoms with Crippen LogP contribution in [0.1, 0.15) is 43.9 Å². The van der Waals surface area contributed by atoms with Gasteiger partial charge in [-0.3, -0.25) is 4.90 Å². The third-order valence-electron chi connectivity index (χ3n) is 5.72. The summed E-state index contributed by atoms with van der Waals surface area (Å²) in [6.45, 7) is 4.77. The van der Waals surface area contributed by atoms with Gasteiger partial charge >= 0.3 is 0 Å². The molecule has 160 valence electrons. The van der Waals surface area contributed by atoms with Crippen molar-refractivity contribution in [3.63, 3.8) is 0 Å². The predicted molar refractivity (Wildman–Crippen MR) is 115 cm³/mol. The summed E-state index contributed by atoms with van der Waals surface area (Å²) in [4.78, 5) is 6.75. The first-order valence-electron chi connectivity index (χ1n) is 10.6. The maximum absolute atomic E-state index is 12.6. The van der Waals surface area contributed by atoms with Crippen LogP contribution < -0.4 is 0 Å². The van der Waals surface area contributed by atoms with Crippen LogP contribution in [0.3, 0.4) is 0 Å². The standard InChI is InChI=1S/C22H33N3O3S/c1-3-29(26,27)22-23-16-21(17-24-14-8-7-13-20(24)18-28-2)25(22)15-9-12-19-10-5-4-6-11-19/h4-6,10-11,16,20H,3,7-9,12-15,17-18H2,1-2H3. The molecular formula is C22H33N3O3S. The van der Waals surface area contributed by atoms with E-state index in [0.29, 0.717) is 25.7 Å². The fourth-order valence-corrected chi connectivity index (χ4v) is 5.09. The van der Waals surface area contributed by atoms with Gasteiger partial charge in [0.05, 0.1) is 24.3 Å². The normalized spacial score (nSPS) is 18.2. The molecular weight excluding hydrogens is 386 g/mol. The molecule has 1 atom stereocenters. The highest BCUT2D eigenvalue weighted by molar-refractivity contribution is 7.91. The third-order valence-corrected chi connectivity index (χ3v) is 7.37. The molecule has 0 radical (unpaired) electrons. The zero-order valence-corrected chi connectivity index (χ0v) is 18.4. The fraction of sp³-hybridized carbons (Fsp3) is 0.591. The Morgan fingerprint density at radius 3 is 2.72 bits per heavy atom. The van der Waals surface area contributed by atoms with Gasteiger partial charge < -0.3 is 9.30 Å². The van der Waals surface area contributed by atoms with Crippen molar-refractivity contribution in [3.8, 4) is 0 Å². The lowest BCUT2D eigenvalue weighted by Crippen LogP contribution is -2.42. The average molecular weight is 420 g/mol. The quantitative estimate of drug-likeness (QED) is 0.591. The average Bonchev–Trinajstić information content (AvgIpc) is 3.14. The van der Waals surface area contributed by atoms with E-state index in [-0.39, 0.29) is 10.9 Å². The Labute approximate surface area is 174 Å². The Balaban J connectivity index is 1.78. The van der Waals surface area contributed by atoms with Crippen LogP contribution in [-0.4, -0.2) is 54.9 Å². The Morgan fingerprint density at radius 1 is 1.21 bits per heavy atom. The molecule has 0 spiro atoms. The summed E-state index contributed by atoms with van der Waals surface area (Å²) in [6, 6.07) is 10.7. The first-order valence-corrected chi connectivity index (χ1v) is 12.2. The molecule has 1 aromatic carbocycles. The highest BCUT2D eigenvalue weighted by Gasteiger charge is 2.26. The second-order valence-corrected chi connectivity index (χ2v) is 9.92. The third kappa shape index (κ3) is 5.68. The van der Waals surface area contributed by atoms with E-state index in [4.69, 9.17) is 4.74 Å². The van der Waals surface area contributed by atoms with Gasteiger partial charge in [0.25, 0.3) is 0 Å². The number of aromatic nitrogens is 2. The van der Waals surface area contributed by atoms with Crippen LogP contribution in [0, 0.1) is 0 Å². The van der Waals surface area contributed by atoms with Crippen LogP contribution in [0.25, 0.3) is 0 Å². The summed E-state index contributed by atoms with van der Waals surface area (Å²) >= 11 is 0. The predicted octanol–water partition coefficient (Wildman–Crippen LogP) is 3.31. The second kappa shape index (κ2) is 10.4. The SMILES string of the molecule is CCS(=O)(=O)c1ncc(CN2CCCCC2COC)n1CCCc1ccccc1. The van der Waals surface area contributed by atoms with E-state index in [1.165, 1.54) is 18.4 Å². The minimum Gasteiger partial charge on any atom is -0.383 e. The lowest BCUT2D eigenvalue weighted by molar-refractivity contribution is 0.0583. The number of aryl methyl sites for hydroxylation is 1. The van der Waals surface area contributed by atoms with E-state index < -0.39 is 9.84 Å². The van der Waals surface area contributed by atoms with Crippen LogP contribution in [-0.2, 0) is 34.1 Å². The lowest BCUT2D eigenvalue weighted by atomic mass is 10.0. The van der Waals surface area contributed by atoms with Gasteiger partial charge in [0.1, 0.15) is 0 Å². The van der Waals surface area contributed by atoms with E-state index in [0.717, 1.165) is 31.5 Å². The van der Waals surface area contributed by atoms with Gasteiger partial charge in [-0.05, 0) is 37.8 Å². The van der Waals surface area contributed by atoms with Crippen molar-refractivity contribution in [1.82, 2.24) is 14.5 Å². The van der Waals surface area contributed by atoms with Crippen molar-refractivity contribution in [3.05, 3.63) is 47.8 Å². The molecule has 2 heterocycles. The number of methoxy groups -OCH3 is 1. The number of benzene rings is 1. The van der Waals surface area contributed by atoms with E-state index in [1.54, 1.807) is 20.2 Å². The summed E-state index contributed by atoms with van der Waals surface area (Å²) in [6.07, 6.45) is 7.06. The molecule has 1 fully saturated rings. The van der Waals surface area contributed by atoms with Crippen molar-refractivity contribution in [2.24, 2.45) is 0 Å². The second-order valence-electron chi connectivity index (χ2n) is 7.75. The van der Waals surface area contributed by atoms with Gasteiger partial charge in [-0.25, -0.2) is 13.4 Å². The Hall–Kier alpha value is -1.70. The monoisotopic (exact) mass is 419 g/mol. The Morgan fingerprint density at radius 2 is 2.00 bits per heavy atom. The first kappa shape index (κ1) is 22.0. The number of piperidine rings is 1. The van der Waals surface area contributed by atoms with E-state index in [2.05, 4.69) is 22.0 Å². The van der Waals surface area contributed by atoms with Gasteiger partial charge in [-0.1, -0.05) is 43.7 Å². The molecule has 1 unspecified atom stereocenters. The van der Waals surface area contributed by atoms with Crippen LogP contribution in [0.2, 0.25) is 0 Å². The molecule has 29 heavy (non-hydrogen) atoms. The maximum atomic E-state index is 12.6. The number of hydrogen-bond acceptors (Lipinski definition) is 5. The smallest absolute Gasteiger partial charge is 0.227 e. The highest BCUT2D eigenvalue weighted by Crippen LogP contribution is 2.22. The number of hydrogen-bond donors (Lipinski definition) is 0. The topological polar surface area (TPSA) is 64.4 Å². The van der Waals surface area contributed by atoms with Gasteiger partial charge in [-0.15, -0.1) is 0 Å². The molecule has 7 heteroatoms. The van der Waals surface area contributed by atoms with E-state index in [9.17, 15) is 8.42 Å². The van der Waals surface area contributed by atoms with Gasteiger partial charge in [0.15, 0.2) is 0 Å². The summed E-state index contributed by atoms with van der Waals surface area (Å²) in [5.74, 6) is 0.0676. The van der Waals surface area contributed by atoms with Crippen LogP contribution in [0.15, 0.2) is 41.7 Å². The maximum Gasteiger partial charge on any atom is 0.227 e. The molecule has 0 saturated carbocycles. The molecule has 1 aliphatic heterocycles. The molecule has 1 aromatic heterocycles. The van der Waals surface area contributed by atoms with Crippen molar-refractivity contribution in [2.45, 2.75) is 63.3 Å². The Bertz CT molecular complexity index is 863. The number of likely N-dealkylation sites (tertiary alicyclic amines) is 1. The van der Waals surface area contributed by atoms with E-state index in [1.807, 2.05) is 22.8 Å². The molecule has 1 aliphatic rings. The minimum atomic E-state index is -3.36. The molecule has 3 rings (SSSR count). The summed E-state index contributed by atoms with van der Waals surface area (Å²) in [7, 11) is -1.62. The molecule has 2 aromatic rings. The molecule has 6 nitrogen and oxygen atoms in total. The van der Waals surface area contributed by atoms with Gasteiger partial charge in [0, 0.05) is 26.2 Å². The van der Waals surface area contributed by atoms with Crippen LogP contribution in [0.5, 0.6) is 0 Å². The molecule has 0 amide bonds. The summed E-state index contributed by atoms with van der Waals surface area (Å²) in [5.41, 5.74) is 2.25. The number of imidazole rings is 1. The zero-order chi connectivity index (χ0) is 20.7. The number of sulfone groups is 1. The molecule has 1 saturated heterocycles. The fourth-order valence-electron chi connectivity index (χ4n) is 4.08. The van der Waals surface area contributed by atoms with Crippen LogP contribution in [0.4, 0.5) is 0 Å². The number of rotatable bonds is 10. The van der Waals surface area contributed by atoms with Gasteiger partial charge in [-0.2, -0.15) is 0 Å². The molecule has 0 N–H and O–H groups in total. The van der Waals surface area contributed by atoms with Gasteiger partial charge in [0.2, 0.25) is 15.0 Å². The summed E-state index contributed by atoms with van der Waals surface area (Å²) in [5, 5.41) is 0.211. The number of ether oxygens (including phenoxy) is 1. The summed E-state index contributed by atoms with van der Waals surface area (Å²) < 4.78 is 32.6. The molecule has 0 bridgehead atoms. The minimum absolute atomic E-state index is 0.0676. The Kier molecular flexibility index (Phi) is 7.86. The van der Waals surface area contributed by atoms with Crippen molar-refractivity contribution >= 4 is 9.84 Å².